The summed E-state index contributed by atoms with van der Waals surface area (Å²) < 4.78 is 14.3. The molecule has 0 unspecified atom stereocenters. The lowest BCUT2D eigenvalue weighted by atomic mass is 10.0. The van der Waals surface area contributed by atoms with E-state index in [2.05, 4.69) is 5.32 Å². The molecule has 2 aromatic carbocycles. The molecule has 0 bridgehead atoms. The monoisotopic (exact) mass is 324 g/mol. The average molecular weight is 324 g/mol. The molecule has 1 N–H and O–H groups in total. The van der Waals surface area contributed by atoms with E-state index in [1.165, 1.54) is 6.08 Å². The van der Waals surface area contributed by atoms with E-state index in [0.29, 0.717) is 18.7 Å². The third-order valence-corrected chi connectivity index (χ3v) is 4.15. The standard InChI is InChI=1S/C20H21FN2O/c21-19(14-16-8-3-1-4-9-16)20(24)23-13-7-12-18(15-23)22-17-10-5-2-6-11-17/h1-6,8-11,14,18,22H,7,12-13,15H2/b19-14-/t18-/m0/s1. The molecule has 1 saturated heterocycles. The van der Waals surface area contributed by atoms with Crippen molar-refractivity contribution in [2.24, 2.45) is 0 Å². The highest BCUT2D eigenvalue weighted by Crippen LogP contribution is 2.19. The number of hydrogen-bond acceptors (Lipinski definition) is 2. The maximum atomic E-state index is 14.3. The van der Waals surface area contributed by atoms with Gasteiger partial charge in [0.2, 0.25) is 0 Å². The Morgan fingerprint density at radius 1 is 1.08 bits per heavy atom. The Labute approximate surface area is 141 Å². The molecular weight excluding hydrogens is 303 g/mol. The van der Waals surface area contributed by atoms with Crippen LogP contribution in [-0.2, 0) is 4.79 Å². The Morgan fingerprint density at radius 3 is 2.46 bits per heavy atom. The van der Waals surface area contributed by atoms with E-state index in [9.17, 15) is 9.18 Å². The van der Waals surface area contributed by atoms with Crippen LogP contribution in [0.25, 0.3) is 6.08 Å². The van der Waals surface area contributed by atoms with Crippen molar-refractivity contribution in [2.75, 3.05) is 18.4 Å². The molecule has 24 heavy (non-hydrogen) atoms. The number of piperidine rings is 1. The van der Waals surface area contributed by atoms with Crippen molar-refractivity contribution in [3.8, 4) is 0 Å². The number of hydrogen-bond donors (Lipinski definition) is 1. The molecule has 3 nitrogen and oxygen atoms in total. The third-order valence-electron chi connectivity index (χ3n) is 4.15. The van der Waals surface area contributed by atoms with E-state index in [-0.39, 0.29) is 6.04 Å². The van der Waals surface area contributed by atoms with Crippen LogP contribution in [0.15, 0.2) is 66.5 Å². The number of benzene rings is 2. The normalized spacial score (nSPS) is 18.3. The number of nitrogens with one attached hydrogen (secondary N) is 1. The number of para-hydroxylation sites is 1. The van der Waals surface area contributed by atoms with E-state index in [4.69, 9.17) is 0 Å². The lowest BCUT2D eigenvalue weighted by Gasteiger charge is -2.33. The summed E-state index contributed by atoms with van der Waals surface area (Å²) in [6, 6.07) is 19.1. The summed E-state index contributed by atoms with van der Waals surface area (Å²) in [6.07, 6.45) is 3.15. The second-order valence-corrected chi connectivity index (χ2v) is 6.00. The first-order chi connectivity index (χ1) is 11.7. The van der Waals surface area contributed by atoms with Crippen LogP contribution in [-0.4, -0.2) is 29.9 Å². The predicted molar refractivity (Wildman–Crippen MR) is 95.2 cm³/mol. The quantitative estimate of drug-likeness (QED) is 0.859. The lowest BCUT2D eigenvalue weighted by molar-refractivity contribution is -0.129. The number of carbonyl (C=O) groups excluding carboxylic acids is 1. The van der Waals surface area contributed by atoms with Crippen LogP contribution in [0.1, 0.15) is 18.4 Å². The first-order valence-electron chi connectivity index (χ1n) is 8.25. The number of anilines is 1. The van der Waals surface area contributed by atoms with Crippen molar-refractivity contribution >= 4 is 17.7 Å². The van der Waals surface area contributed by atoms with Crippen LogP contribution in [0.4, 0.5) is 10.1 Å². The Morgan fingerprint density at radius 2 is 1.75 bits per heavy atom. The van der Waals surface area contributed by atoms with Crippen LogP contribution >= 0.6 is 0 Å². The SMILES string of the molecule is O=C(/C(F)=C/c1ccccc1)N1CCC[C@H](Nc2ccccc2)C1. The second kappa shape index (κ2) is 7.77. The number of amides is 1. The van der Waals surface area contributed by atoms with Crippen molar-refractivity contribution in [3.05, 3.63) is 72.1 Å². The summed E-state index contributed by atoms with van der Waals surface area (Å²) in [6.45, 7) is 1.12. The van der Waals surface area contributed by atoms with Gasteiger partial charge in [0.05, 0.1) is 0 Å². The molecule has 1 aliphatic heterocycles. The van der Waals surface area contributed by atoms with E-state index in [1.807, 2.05) is 48.5 Å². The molecule has 0 saturated carbocycles. The number of nitrogens with zero attached hydrogens (tertiary/aromatic N) is 1. The minimum Gasteiger partial charge on any atom is -0.381 e. The van der Waals surface area contributed by atoms with E-state index in [0.717, 1.165) is 18.5 Å². The summed E-state index contributed by atoms with van der Waals surface area (Å²) in [5, 5.41) is 3.42. The summed E-state index contributed by atoms with van der Waals surface area (Å²) in [5.41, 5.74) is 1.72. The molecule has 3 rings (SSSR count). The van der Waals surface area contributed by atoms with Crippen LogP contribution < -0.4 is 5.32 Å². The molecule has 0 aromatic heterocycles. The third kappa shape index (κ3) is 4.22. The highest BCUT2D eigenvalue weighted by atomic mass is 19.1. The van der Waals surface area contributed by atoms with Gasteiger partial charge in [-0.05, 0) is 36.6 Å². The molecule has 1 heterocycles. The first kappa shape index (κ1) is 16.2. The van der Waals surface area contributed by atoms with E-state index < -0.39 is 11.7 Å². The Kier molecular flexibility index (Phi) is 5.26. The first-order valence-corrected chi connectivity index (χ1v) is 8.25. The maximum Gasteiger partial charge on any atom is 0.282 e. The maximum absolute atomic E-state index is 14.3. The molecule has 1 atom stereocenters. The number of rotatable bonds is 4. The van der Waals surface area contributed by atoms with Gasteiger partial charge in [-0.15, -0.1) is 0 Å². The fraction of sp³-hybridized carbons (Fsp3) is 0.250. The van der Waals surface area contributed by atoms with Crippen LogP contribution in [0.5, 0.6) is 0 Å². The van der Waals surface area contributed by atoms with E-state index in [1.54, 1.807) is 17.0 Å². The molecule has 0 radical (unpaired) electrons. The van der Waals surface area contributed by atoms with Crippen LogP contribution in [0, 0.1) is 0 Å². The van der Waals surface area contributed by atoms with Crippen LogP contribution in [0.2, 0.25) is 0 Å². The predicted octanol–water partition coefficient (Wildman–Crippen LogP) is 4.10. The second-order valence-electron chi connectivity index (χ2n) is 6.00. The van der Waals surface area contributed by atoms with Crippen molar-refractivity contribution in [3.63, 3.8) is 0 Å². The molecule has 1 amide bonds. The van der Waals surface area contributed by atoms with Gasteiger partial charge in [0.15, 0.2) is 5.83 Å². The molecule has 1 fully saturated rings. The molecular formula is C20H21FN2O. The minimum atomic E-state index is -0.707. The Balaban J connectivity index is 1.63. The summed E-state index contributed by atoms with van der Waals surface area (Å²) in [7, 11) is 0. The van der Waals surface area contributed by atoms with Gasteiger partial charge in [-0.25, -0.2) is 4.39 Å². The largest absolute Gasteiger partial charge is 0.381 e. The van der Waals surface area contributed by atoms with Gasteiger partial charge in [-0.1, -0.05) is 48.5 Å². The molecule has 4 heteroatoms. The van der Waals surface area contributed by atoms with Gasteiger partial charge in [0, 0.05) is 24.8 Å². The molecule has 0 aliphatic carbocycles. The molecule has 1 aliphatic rings. The van der Waals surface area contributed by atoms with Crippen molar-refractivity contribution in [2.45, 2.75) is 18.9 Å². The zero-order chi connectivity index (χ0) is 16.8. The summed E-state index contributed by atoms with van der Waals surface area (Å²) in [4.78, 5) is 14.0. The number of likely N-dealkylation sites (tertiary alicyclic amines) is 1. The Bertz CT molecular complexity index is 700. The number of halogens is 1. The smallest absolute Gasteiger partial charge is 0.282 e. The van der Waals surface area contributed by atoms with Gasteiger partial charge in [-0.3, -0.25) is 4.79 Å². The summed E-state index contributed by atoms with van der Waals surface area (Å²) in [5.74, 6) is -1.24. The van der Waals surface area contributed by atoms with Gasteiger partial charge in [-0.2, -0.15) is 0 Å². The van der Waals surface area contributed by atoms with Crippen molar-refractivity contribution in [1.82, 2.24) is 4.90 Å². The highest BCUT2D eigenvalue weighted by Gasteiger charge is 2.25. The molecule has 2 aromatic rings. The highest BCUT2D eigenvalue weighted by molar-refractivity contribution is 5.95. The topological polar surface area (TPSA) is 32.3 Å². The average Bonchev–Trinajstić information content (AvgIpc) is 2.63. The fourth-order valence-corrected chi connectivity index (χ4v) is 2.96. The molecule has 0 spiro atoms. The zero-order valence-electron chi connectivity index (χ0n) is 13.5. The van der Waals surface area contributed by atoms with Gasteiger partial charge in [0.1, 0.15) is 0 Å². The van der Waals surface area contributed by atoms with Gasteiger partial charge >= 0.3 is 0 Å². The van der Waals surface area contributed by atoms with Crippen molar-refractivity contribution in [1.29, 1.82) is 0 Å². The van der Waals surface area contributed by atoms with Crippen LogP contribution in [0.3, 0.4) is 0 Å². The molecule has 124 valence electrons. The van der Waals surface area contributed by atoms with Crippen molar-refractivity contribution < 1.29 is 9.18 Å². The van der Waals surface area contributed by atoms with Gasteiger partial charge in [0.25, 0.3) is 5.91 Å². The Hall–Kier alpha value is -2.62. The van der Waals surface area contributed by atoms with E-state index >= 15 is 0 Å². The lowest BCUT2D eigenvalue weighted by Crippen LogP contribution is -2.45. The van der Waals surface area contributed by atoms with Gasteiger partial charge < -0.3 is 10.2 Å². The summed E-state index contributed by atoms with van der Waals surface area (Å²) >= 11 is 0. The number of carbonyl (C=O) groups is 1. The fourth-order valence-electron chi connectivity index (χ4n) is 2.96. The minimum absolute atomic E-state index is 0.148. The zero-order valence-corrected chi connectivity index (χ0v) is 13.5.